The number of benzene rings is 1. The van der Waals surface area contributed by atoms with Crippen molar-refractivity contribution in [1.82, 2.24) is 10.7 Å². The lowest BCUT2D eigenvalue weighted by molar-refractivity contribution is -0.125. The van der Waals surface area contributed by atoms with E-state index in [1.807, 2.05) is 23.6 Å². The molecule has 2 unspecified atom stereocenters. The highest BCUT2D eigenvalue weighted by atomic mass is 16.5. The van der Waals surface area contributed by atoms with Crippen molar-refractivity contribution in [2.45, 2.75) is 25.7 Å². The van der Waals surface area contributed by atoms with Gasteiger partial charge in [0.2, 0.25) is 0 Å². The minimum absolute atomic E-state index is 0.0729. The van der Waals surface area contributed by atoms with Crippen LogP contribution >= 0.6 is 0 Å². The molecule has 0 spiro atoms. The number of aliphatic hydroxyl groups excluding tert-OH is 1. The van der Waals surface area contributed by atoms with Crippen LogP contribution in [0.25, 0.3) is 0 Å². The Hall–Kier alpha value is -2.12. The average Bonchev–Trinajstić information content (AvgIpc) is 2.42. The number of carbonyl (C=O) groups is 2. The Morgan fingerprint density at radius 3 is 2.53 bits per heavy atom. The number of aliphatic hydroxyl groups is 1. The van der Waals surface area contributed by atoms with Crippen LogP contribution in [0.5, 0.6) is 0 Å². The molecular formula is C12H17N3O4. The Bertz CT molecular complexity index is 422. The standard InChI is InChI=1S/C12H17N3O4/c1-8(16)10(11(17)15-13)14-12(18)19-7-9-5-3-2-4-6-9/h2-6,8,10,16H,7,13H2,1H3,(H,14,18)(H,15,17). The zero-order valence-electron chi connectivity index (χ0n) is 10.5. The van der Waals surface area contributed by atoms with Gasteiger partial charge in [-0.25, -0.2) is 10.6 Å². The average molecular weight is 267 g/mol. The molecule has 0 fully saturated rings. The molecule has 0 saturated heterocycles. The molecular weight excluding hydrogens is 250 g/mol. The van der Waals surface area contributed by atoms with Crippen molar-refractivity contribution in [2.24, 2.45) is 5.84 Å². The Morgan fingerprint density at radius 1 is 1.37 bits per heavy atom. The van der Waals surface area contributed by atoms with Crippen molar-refractivity contribution in [3.63, 3.8) is 0 Å². The van der Waals surface area contributed by atoms with Gasteiger partial charge in [0.15, 0.2) is 0 Å². The van der Waals surface area contributed by atoms with Crippen LogP contribution in [-0.2, 0) is 16.1 Å². The van der Waals surface area contributed by atoms with Crippen LogP contribution in [0.2, 0.25) is 0 Å². The molecule has 7 nitrogen and oxygen atoms in total. The van der Waals surface area contributed by atoms with E-state index in [9.17, 15) is 14.7 Å². The first-order valence-corrected chi connectivity index (χ1v) is 5.70. The lowest BCUT2D eigenvalue weighted by atomic mass is 10.2. The largest absolute Gasteiger partial charge is 0.445 e. The van der Waals surface area contributed by atoms with Crippen LogP contribution in [0.3, 0.4) is 0 Å². The molecule has 0 bridgehead atoms. The monoisotopic (exact) mass is 267 g/mol. The molecule has 0 aliphatic heterocycles. The fourth-order valence-corrected chi connectivity index (χ4v) is 1.39. The molecule has 7 heteroatoms. The number of hydrazine groups is 1. The van der Waals surface area contributed by atoms with Crippen molar-refractivity contribution in [3.8, 4) is 0 Å². The van der Waals surface area contributed by atoms with Crippen molar-refractivity contribution in [1.29, 1.82) is 0 Å². The first-order chi connectivity index (χ1) is 9.04. The number of rotatable bonds is 5. The number of amides is 2. The van der Waals surface area contributed by atoms with E-state index in [1.54, 1.807) is 12.1 Å². The van der Waals surface area contributed by atoms with E-state index in [4.69, 9.17) is 10.6 Å². The van der Waals surface area contributed by atoms with Gasteiger partial charge in [-0.05, 0) is 12.5 Å². The molecule has 0 heterocycles. The molecule has 0 aromatic heterocycles. The number of carbonyl (C=O) groups excluding carboxylic acids is 2. The van der Waals surface area contributed by atoms with Crippen LogP contribution in [-0.4, -0.2) is 29.3 Å². The Kier molecular flexibility index (Phi) is 5.77. The maximum Gasteiger partial charge on any atom is 0.408 e. The van der Waals surface area contributed by atoms with Crippen molar-refractivity contribution in [3.05, 3.63) is 35.9 Å². The highest BCUT2D eigenvalue weighted by molar-refractivity contribution is 5.85. The summed E-state index contributed by atoms with van der Waals surface area (Å²) in [7, 11) is 0. The second-order valence-corrected chi connectivity index (χ2v) is 3.93. The SMILES string of the molecule is CC(O)C(NC(=O)OCc1ccccc1)C(=O)NN. The second kappa shape index (κ2) is 7.34. The molecule has 1 rings (SSSR count). The van der Waals surface area contributed by atoms with Crippen molar-refractivity contribution < 1.29 is 19.4 Å². The summed E-state index contributed by atoms with van der Waals surface area (Å²) >= 11 is 0. The van der Waals surface area contributed by atoms with Crippen LogP contribution in [0.15, 0.2) is 30.3 Å². The highest BCUT2D eigenvalue weighted by Crippen LogP contribution is 2.01. The third-order valence-corrected chi connectivity index (χ3v) is 2.39. The molecule has 0 saturated carbocycles. The zero-order chi connectivity index (χ0) is 14.3. The van der Waals surface area contributed by atoms with Gasteiger partial charge in [-0.1, -0.05) is 30.3 Å². The topological polar surface area (TPSA) is 114 Å². The summed E-state index contributed by atoms with van der Waals surface area (Å²) < 4.78 is 4.92. The predicted molar refractivity (Wildman–Crippen MR) is 67.6 cm³/mol. The minimum atomic E-state index is -1.16. The van der Waals surface area contributed by atoms with Crippen LogP contribution < -0.4 is 16.6 Å². The summed E-state index contributed by atoms with van der Waals surface area (Å²) in [5.41, 5.74) is 2.67. The lowest BCUT2D eigenvalue weighted by Gasteiger charge is -2.19. The molecule has 2 atom stereocenters. The molecule has 19 heavy (non-hydrogen) atoms. The molecule has 0 aliphatic rings. The van der Waals surface area contributed by atoms with Gasteiger partial charge in [-0.15, -0.1) is 0 Å². The molecule has 1 aromatic carbocycles. The van der Waals surface area contributed by atoms with E-state index in [0.29, 0.717) is 0 Å². The number of hydrogen-bond acceptors (Lipinski definition) is 5. The van der Waals surface area contributed by atoms with Gasteiger partial charge in [-0.2, -0.15) is 0 Å². The number of hydrogen-bond donors (Lipinski definition) is 4. The summed E-state index contributed by atoms with van der Waals surface area (Å²) in [5.74, 6) is 4.25. The fraction of sp³-hybridized carbons (Fsp3) is 0.333. The van der Waals surface area contributed by atoms with E-state index in [-0.39, 0.29) is 6.61 Å². The highest BCUT2D eigenvalue weighted by Gasteiger charge is 2.25. The molecule has 0 radical (unpaired) electrons. The summed E-state index contributed by atoms with van der Waals surface area (Å²) in [6.07, 6.45) is -1.90. The molecule has 1 aromatic rings. The second-order valence-electron chi connectivity index (χ2n) is 3.93. The number of nitrogens with two attached hydrogens (primary N) is 1. The van der Waals surface area contributed by atoms with Gasteiger partial charge in [0.05, 0.1) is 6.10 Å². The molecule has 5 N–H and O–H groups in total. The van der Waals surface area contributed by atoms with Crippen molar-refractivity contribution in [2.75, 3.05) is 0 Å². The van der Waals surface area contributed by atoms with Gasteiger partial charge in [0, 0.05) is 0 Å². The van der Waals surface area contributed by atoms with Crippen LogP contribution in [0, 0.1) is 0 Å². The van der Waals surface area contributed by atoms with Crippen LogP contribution in [0.4, 0.5) is 4.79 Å². The molecule has 0 aliphatic carbocycles. The summed E-state index contributed by atoms with van der Waals surface area (Å²) in [5, 5.41) is 11.6. The van der Waals surface area contributed by atoms with E-state index in [0.717, 1.165) is 5.56 Å². The molecule has 2 amide bonds. The Balaban J connectivity index is 2.47. The van der Waals surface area contributed by atoms with Crippen LogP contribution in [0.1, 0.15) is 12.5 Å². The van der Waals surface area contributed by atoms with E-state index >= 15 is 0 Å². The van der Waals surface area contributed by atoms with Gasteiger partial charge in [0.25, 0.3) is 5.91 Å². The Labute approximate surface area is 110 Å². The lowest BCUT2D eigenvalue weighted by Crippen LogP contribution is -2.54. The van der Waals surface area contributed by atoms with E-state index < -0.39 is 24.1 Å². The quantitative estimate of drug-likeness (QED) is 0.331. The van der Waals surface area contributed by atoms with Gasteiger partial charge >= 0.3 is 6.09 Å². The zero-order valence-corrected chi connectivity index (χ0v) is 10.5. The summed E-state index contributed by atoms with van der Waals surface area (Å²) in [4.78, 5) is 22.8. The fourth-order valence-electron chi connectivity index (χ4n) is 1.39. The Morgan fingerprint density at radius 2 is 2.00 bits per heavy atom. The maximum atomic E-state index is 11.5. The number of nitrogens with one attached hydrogen (secondary N) is 2. The van der Waals surface area contributed by atoms with Gasteiger partial charge in [-0.3, -0.25) is 10.2 Å². The van der Waals surface area contributed by atoms with Crippen molar-refractivity contribution >= 4 is 12.0 Å². The third kappa shape index (κ3) is 4.94. The third-order valence-electron chi connectivity index (χ3n) is 2.39. The maximum absolute atomic E-state index is 11.5. The summed E-state index contributed by atoms with van der Waals surface area (Å²) in [6.45, 7) is 1.43. The minimum Gasteiger partial charge on any atom is -0.445 e. The number of alkyl carbamates (subject to hydrolysis) is 1. The van der Waals surface area contributed by atoms with E-state index in [2.05, 4.69) is 5.32 Å². The van der Waals surface area contributed by atoms with Gasteiger partial charge < -0.3 is 15.2 Å². The van der Waals surface area contributed by atoms with E-state index in [1.165, 1.54) is 6.92 Å². The normalized spacial score (nSPS) is 13.2. The first kappa shape index (κ1) is 14.9. The number of ether oxygens (including phenoxy) is 1. The van der Waals surface area contributed by atoms with Gasteiger partial charge in [0.1, 0.15) is 12.6 Å². The first-order valence-electron chi connectivity index (χ1n) is 5.70. The summed E-state index contributed by atoms with van der Waals surface area (Å²) in [6, 6.07) is 7.92. The molecule has 104 valence electrons. The smallest absolute Gasteiger partial charge is 0.408 e. The predicted octanol–water partition coefficient (Wildman–Crippen LogP) is -0.348.